The highest BCUT2D eigenvalue weighted by Gasteiger charge is 2.48. The number of ether oxygens (including phenoxy) is 1. The van der Waals surface area contributed by atoms with Crippen LogP contribution in [0.25, 0.3) is 44.2 Å². The van der Waals surface area contributed by atoms with Crippen LogP contribution in [0.4, 0.5) is 34.1 Å². The second-order valence-electron chi connectivity index (χ2n) is 19.5. The van der Waals surface area contributed by atoms with E-state index in [1.807, 2.05) is 0 Å². The van der Waals surface area contributed by atoms with Gasteiger partial charge in [-0.1, -0.05) is 208 Å². The number of fused-ring (bicyclic) bond motifs is 8. The van der Waals surface area contributed by atoms with E-state index < -0.39 is 5.41 Å². The Kier molecular flexibility index (Phi) is 9.15. The van der Waals surface area contributed by atoms with Crippen molar-refractivity contribution in [3.05, 3.63) is 288 Å². The maximum Gasteiger partial charge on any atom is 0.159 e. The Labute approximate surface area is 415 Å². The van der Waals surface area contributed by atoms with E-state index in [1.165, 1.54) is 55.6 Å². The summed E-state index contributed by atoms with van der Waals surface area (Å²) in [7, 11) is 0. The normalized spacial score (nSPS) is 13.8. The summed E-state index contributed by atoms with van der Waals surface area (Å²) in [6.45, 7) is 4.74. The SMILES string of the molecule is CC1(C)c2ccccc2-c2ccc(N(c3cccc4c3-c3ccccc3C4(c3ccccc3)c3ccccc3)c3ccc4cccc5c4c3Oc3cccc(N(c4ccccc4)c4ccccc4)c3-5)cc21. The van der Waals surface area contributed by atoms with Crippen LogP contribution in [-0.4, -0.2) is 0 Å². The average Bonchev–Trinajstić information content (AvgIpc) is 3.86. The molecule has 1 aliphatic heterocycles. The van der Waals surface area contributed by atoms with Crippen molar-refractivity contribution >= 4 is 44.9 Å². The standard InChI is InChI=1S/C68H48N2O/c1-67(2)55-34-17-15-31-51(55)52-42-41-50(44-58(52)67)70(59-37-20-36-57-64(59)53-32-16-18-35-56(53)68(57,46-23-7-3-8-24-46)47-25-9-4-10-26-47)61-43-40-45-22-19-33-54-63(45)66(61)71-62-39-21-38-60(65(54)62)69(48-27-11-5-12-28-48)49-29-13-6-14-30-49/h3-44H,1-2H3. The maximum absolute atomic E-state index is 7.55. The number of para-hydroxylation sites is 2. The lowest BCUT2D eigenvalue weighted by Crippen LogP contribution is -2.28. The molecule has 14 rings (SSSR count). The van der Waals surface area contributed by atoms with E-state index >= 15 is 0 Å². The lowest BCUT2D eigenvalue weighted by atomic mass is 9.68. The zero-order chi connectivity index (χ0) is 47.3. The van der Waals surface area contributed by atoms with E-state index in [1.54, 1.807) is 0 Å². The zero-order valence-corrected chi connectivity index (χ0v) is 39.6. The number of nitrogens with zero attached hydrogens (tertiary/aromatic N) is 2. The van der Waals surface area contributed by atoms with Gasteiger partial charge in [0.2, 0.25) is 0 Å². The Morgan fingerprint density at radius 1 is 0.338 bits per heavy atom. The smallest absolute Gasteiger partial charge is 0.159 e. The molecule has 3 heteroatoms. The largest absolute Gasteiger partial charge is 0.454 e. The summed E-state index contributed by atoms with van der Waals surface area (Å²) in [5, 5.41) is 2.20. The van der Waals surface area contributed by atoms with Crippen LogP contribution in [-0.2, 0) is 10.8 Å². The molecular formula is C68H48N2O. The summed E-state index contributed by atoms with van der Waals surface area (Å²) in [4.78, 5) is 4.85. The molecule has 2 aliphatic carbocycles. The topological polar surface area (TPSA) is 15.7 Å². The molecule has 3 nitrogen and oxygen atoms in total. The summed E-state index contributed by atoms with van der Waals surface area (Å²) in [5.74, 6) is 1.64. The van der Waals surface area contributed by atoms with Gasteiger partial charge in [-0.2, -0.15) is 0 Å². The molecule has 0 bridgehead atoms. The van der Waals surface area contributed by atoms with E-state index in [-0.39, 0.29) is 5.41 Å². The summed E-state index contributed by atoms with van der Waals surface area (Å²) in [5.41, 5.74) is 20.4. The number of anilines is 6. The van der Waals surface area contributed by atoms with Crippen molar-refractivity contribution in [2.24, 2.45) is 0 Å². The molecule has 0 spiro atoms. The van der Waals surface area contributed by atoms with Gasteiger partial charge in [0, 0.05) is 39.0 Å². The molecule has 3 aliphatic rings. The molecule has 0 unspecified atom stereocenters. The predicted octanol–water partition coefficient (Wildman–Crippen LogP) is 18.2. The minimum absolute atomic E-state index is 0.214. The third-order valence-electron chi connectivity index (χ3n) is 15.5. The van der Waals surface area contributed by atoms with Crippen LogP contribution in [0.2, 0.25) is 0 Å². The Hall–Kier alpha value is -8.92. The van der Waals surface area contributed by atoms with E-state index in [0.717, 1.165) is 67.5 Å². The minimum atomic E-state index is -0.572. The van der Waals surface area contributed by atoms with Crippen molar-refractivity contribution in [2.45, 2.75) is 24.7 Å². The number of hydrogen-bond donors (Lipinski definition) is 0. The molecule has 0 saturated carbocycles. The summed E-state index contributed by atoms with van der Waals surface area (Å²) in [6, 6.07) is 93.3. The monoisotopic (exact) mass is 908 g/mol. The molecule has 336 valence electrons. The van der Waals surface area contributed by atoms with E-state index in [4.69, 9.17) is 4.74 Å². The van der Waals surface area contributed by atoms with Crippen LogP contribution in [0, 0.1) is 0 Å². The molecule has 1 heterocycles. The molecule has 0 fully saturated rings. The lowest BCUT2D eigenvalue weighted by molar-refractivity contribution is 0.488. The van der Waals surface area contributed by atoms with Crippen LogP contribution in [0.5, 0.6) is 11.5 Å². The number of benzene rings is 11. The van der Waals surface area contributed by atoms with Gasteiger partial charge in [-0.3, -0.25) is 0 Å². The van der Waals surface area contributed by atoms with Crippen molar-refractivity contribution in [2.75, 3.05) is 9.80 Å². The van der Waals surface area contributed by atoms with Gasteiger partial charge >= 0.3 is 0 Å². The van der Waals surface area contributed by atoms with Crippen LogP contribution in [0.15, 0.2) is 255 Å². The van der Waals surface area contributed by atoms with Crippen LogP contribution in [0.1, 0.15) is 47.2 Å². The quantitative estimate of drug-likeness (QED) is 0.151. The Morgan fingerprint density at radius 2 is 0.873 bits per heavy atom. The molecule has 0 aromatic heterocycles. The second-order valence-corrected chi connectivity index (χ2v) is 19.5. The van der Waals surface area contributed by atoms with Crippen molar-refractivity contribution < 1.29 is 4.74 Å². The van der Waals surface area contributed by atoms with Gasteiger partial charge < -0.3 is 14.5 Å². The molecule has 11 aromatic rings. The fourth-order valence-corrected chi connectivity index (χ4v) is 12.5. The van der Waals surface area contributed by atoms with E-state index in [2.05, 4.69) is 278 Å². The highest BCUT2D eigenvalue weighted by molar-refractivity contribution is 6.12. The van der Waals surface area contributed by atoms with Gasteiger partial charge in [0.25, 0.3) is 0 Å². The van der Waals surface area contributed by atoms with Crippen LogP contribution >= 0.6 is 0 Å². The first kappa shape index (κ1) is 41.1. The Bertz CT molecular complexity index is 3800. The van der Waals surface area contributed by atoms with E-state index in [9.17, 15) is 0 Å². The Morgan fingerprint density at radius 3 is 1.56 bits per heavy atom. The Balaban J connectivity index is 1.06. The molecular weight excluding hydrogens is 861 g/mol. The van der Waals surface area contributed by atoms with Crippen molar-refractivity contribution in [1.82, 2.24) is 0 Å². The van der Waals surface area contributed by atoms with Gasteiger partial charge in [0.15, 0.2) is 5.75 Å². The third kappa shape index (κ3) is 5.96. The fraction of sp³-hybridized carbons (Fsp3) is 0.0588. The van der Waals surface area contributed by atoms with E-state index in [0.29, 0.717) is 0 Å². The van der Waals surface area contributed by atoms with Crippen LogP contribution in [0.3, 0.4) is 0 Å². The summed E-state index contributed by atoms with van der Waals surface area (Å²) >= 11 is 0. The van der Waals surface area contributed by atoms with Gasteiger partial charge in [-0.15, -0.1) is 0 Å². The molecule has 0 saturated heterocycles. The molecule has 11 aromatic carbocycles. The third-order valence-corrected chi connectivity index (χ3v) is 15.5. The van der Waals surface area contributed by atoms with Crippen LogP contribution < -0.4 is 14.5 Å². The second kappa shape index (κ2) is 15.8. The van der Waals surface area contributed by atoms with Gasteiger partial charge in [-0.05, 0) is 122 Å². The first-order valence-electron chi connectivity index (χ1n) is 24.7. The van der Waals surface area contributed by atoms with Crippen molar-refractivity contribution in [1.29, 1.82) is 0 Å². The summed E-state index contributed by atoms with van der Waals surface area (Å²) < 4.78 is 7.55. The lowest BCUT2D eigenvalue weighted by Gasteiger charge is -2.35. The number of hydrogen-bond acceptors (Lipinski definition) is 3. The minimum Gasteiger partial charge on any atom is -0.454 e. The first-order chi connectivity index (χ1) is 35.0. The highest BCUT2D eigenvalue weighted by atomic mass is 16.5. The zero-order valence-electron chi connectivity index (χ0n) is 39.6. The molecule has 71 heavy (non-hydrogen) atoms. The average molecular weight is 909 g/mol. The van der Waals surface area contributed by atoms with Crippen molar-refractivity contribution in [3.8, 4) is 44.9 Å². The molecule has 0 N–H and O–H groups in total. The van der Waals surface area contributed by atoms with Crippen molar-refractivity contribution in [3.63, 3.8) is 0 Å². The fourth-order valence-electron chi connectivity index (χ4n) is 12.5. The van der Waals surface area contributed by atoms with Gasteiger partial charge in [-0.25, -0.2) is 0 Å². The van der Waals surface area contributed by atoms with Gasteiger partial charge in [0.05, 0.1) is 22.5 Å². The highest BCUT2D eigenvalue weighted by Crippen LogP contribution is 2.62. The maximum atomic E-state index is 7.55. The predicted molar refractivity (Wildman–Crippen MR) is 294 cm³/mol. The first-order valence-corrected chi connectivity index (χ1v) is 24.7. The molecule has 0 radical (unpaired) electrons. The number of rotatable bonds is 8. The molecule has 0 amide bonds. The van der Waals surface area contributed by atoms with Gasteiger partial charge in [0.1, 0.15) is 5.75 Å². The summed E-state index contributed by atoms with van der Waals surface area (Å²) in [6.07, 6.45) is 0. The molecule has 0 atom stereocenters.